The molecule has 4 aliphatic rings. The maximum absolute atomic E-state index is 14.9. The minimum Gasteiger partial charge on any atom is -0.398 e. The van der Waals surface area contributed by atoms with E-state index in [9.17, 15) is 4.39 Å². The molecule has 2 saturated heterocycles. The van der Waals surface area contributed by atoms with Crippen LogP contribution in [0.2, 0.25) is 0 Å². The van der Waals surface area contributed by atoms with Gasteiger partial charge in [0, 0.05) is 12.8 Å². The molecule has 4 nitrogen and oxygen atoms in total. The minimum absolute atomic E-state index is 0.201. The number of hydrogen-bond acceptors (Lipinski definition) is 4. The van der Waals surface area contributed by atoms with E-state index in [4.69, 9.17) is 18.8 Å². The van der Waals surface area contributed by atoms with Crippen molar-refractivity contribution in [2.45, 2.75) is 83.2 Å². The number of ether oxygens (including phenoxy) is 2. The quantitative estimate of drug-likeness (QED) is 0.679. The standard InChI is InChI=1S/C18H28BFO4/c1-15(2)16(3,4)24-19(23-15)14(20)13-11-17(12-13)5-7-18(8-6-17)21-9-10-22-18/h5-12H2,1-4H3. The maximum atomic E-state index is 14.9. The Kier molecular flexibility index (Phi) is 3.75. The van der Waals surface area contributed by atoms with E-state index >= 15 is 0 Å². The van der Waals surface area contributed by atoms with Gasteiger partial charge in [-0.05, 0) is 64.4 Å². The van der Waals surface area contributed by atoms with Gasteiger partial charge in [-0.2, -0.15) is 0 Å². The Morgan fingerprint density at radius 2 is 1.38 bits per heavy atom. The third-order valence-electron chi connectivity index (χ3n) is 6.86. The Hall–Kier alpha value is -0.425. The fraction of sp³-hybridized carbons (Fsp3) is 0.889. The first-order valence-corrected chi connectivity index (χ1v) is 9.17. The second-order valence-electron chi connectivity index (χ2n) is 9.00. The van der Waals surface area contributed by atoms with Crippen molar-refractivity contribution in [3.8, 4) is 0 Å². The van der Waals surface area contributed by atoms with Crippen LogP contribution in [0.3, 0.4) is 0 Å². The molecule has 2 saturated carbocycles. The third kappa shape index (κ3) is 2.57. The van der Waals surface area contributed by atoms with Gasteiger partial charge in [0.15, 0.2) is 5.79 Å². The number of halogens is 1. The average Bonchev–Trinajstić information content (AvgIpc) is 3.00. The second kappa shape index (κ2) is 5.29. The molecule has 4 fully saturated rings. The van der Waals surface area contributed by atoms with Crippen LogP contribution in [0.5, 0.6) is 0 Å². The summed E-state index contributed by atoms with van der Waals surface area (Å²) >= 11 is 0. The fourth-order valence-corrected chi connectivity index (χ4v) is 4.44. The average molecular weight is 338 g/mol. The van der Waals surface area contributed by atoms with Crippen molar-refractivity contribution < 1.29 is 23.2 Å². The summed E-state index contributed by atoms with van der Waals surface area (Å²) in [7, 11) is -0.848. The van der Waals surface area contributed by atoms with Crippen LogP contribution in [-0.2, 0) is 18.8 Å². The summed E-state index contributed by atoms with van der Waals surface area (Å²) in [5.41, 5.74) is -0.0844. The summed E-state index contributed by atoms with van der Waals surface area (Å²) in [6.07, 6.45) is 5.59. The third-order valence-corrected chi connectivity index (χ3v) is 6.86. The molecular formula is C18H28BFO4. The van der Waals surface area contributed by atoms with Gasteiger partial charge in [0.25, 0.3) is 0 Å². The molecule has 2 aliphatic carbocycles. The highest BCUT2D eigenvalue weighted by Crippen LogP contribution is 2.58. The molecule has 24 heavy (non-hydrogen) atoms. The van der Waals surface area contributed by atoms with Crippen molar-refractivity contribution in [1.29, 1.82) is 0 Å². The summed E-state index contributed by atoms with van der Waals surface area (Å²) in [5, 5.41) is 0. The van der Waals surface area contributed by atoms with Gasteiger partial charge in [0.1, 0.15) is 5.73 Å². The van der Waals surface area contributed by atoms with Crippen molar-refractivity contribution in [3.05, 3.63) is 11.3 Å². The Balaban J connectivity index is 1.39. The van der Waals surface area contributed by atoms with E-state index in [0.29, 0.717) is 13.2 Å². The normalized spacial score (nSPS) is 32.4. The van der Waals surface area contributed by atoms with E-state index in [1.54, 1.807) is 0 Å². The largest absolute Gasteiger partial charge is 0.525 e. The number of allylic oxidation sites excluding steroid dienone is 1. The van der Waals surface area contributed by atoms with Crippen molar-refractivity contribution in [1.82, 2.24) is 0 Å². The lowest BCUT2D eigenvalue weighted by molar-refractivity contribution is -0.195. The summed E-state index contributed by atoms with van der Waals surface area (Å²) in [6, 6.07) is 0. The van der Waals surface area contributed by atoms with Gasteiger partial charge in [-0.15, -0.1) is 0 Å². The molecule has 0 aromatic rings. The first-order chi connectivity index (χ1) is 11.2. The molecule has 4 rings (SSSR count). The summed E-state index contributed by atoms with van der Waals surface area (Å²) < 4.78 is 38.1. The molecule has 0 aromatic carbocycles. The Morgan fingerprint density at radius 1 is 0.875 bits per heavy atom. The van der Waals surface area contributed by atoms with Gasteiger partial charge in [-0.3, -0.25) is 0 Å². The van der Waals surface area contributed by atoms with Crippen LogP contribution in [-0.4, -0.2) is 37.3 Å². The van der Waals surface area contributed by atoms with Crippen molar-refractivity contribution >= 4 is 7.12 Å². The van der Waals surface area contributed by atoms with Crippen LogP contribution in [0.25, 0.3) is 0 Å². The topological polar surface area (TPSA) is 36.9 Å². The SMILES string of the molecule is CC1(C)OB(C(F)=C2CC3(CCC4(CC3)OCCO4)C2)OC1(C)C. The summed E-state index contributed by atoms with van der Waals surface area (Å²) in [4.78, 5) is 0. The zero-order valence-electron chi connectivity index (χ0n) is 15.2. The molecule has 2 spiro atoms. The smallest absolute Gasteiger partial charge is 0.398 e. The van der Waals surface area contributed by atoms with Crippen LogP contribution in [0, 0.1) is 5.41 Å². The van der Waals surface area contributed by atoms with E-state index in [1.807, 2.05) is 27.7 Å². The van der Waals surface area contributed by atoms with E-state index in [1.165, 1.54) is 0 Å². The monoisotopic (exact) mass is 338 g/mol. The zero-order valence-corrected chi connectivity index (χ0v) is 15.2. The molecule has 0 radical (unpaired) electrons. The summed E-state index contributed by atoms with van der Waals surface area (Å²) in [5.74, 6) is -0.338. The van der Waals surface area contributed by atoms with Crippen molar-refractivity contribution in [2.75, 3.05) is 13.2 Å². The molecular weight excluding hydrogens is 310 g/mol. The van der Waals surface area contributed by atoms with Crippen molar-refractivity contribution in [2.24, 2.45) is 5.41 Å². The van der Waals surface area contributed by atoms with Crippen LogP contribution < -0.4 is 0 Å². The molecule has 134 valence electrons. The number of hydrogen-bond donors (Lipinski definition) is 0. The molecule has 6 heteroatoms. The summed E-state index contributed by atoms with van der Waals surface area (Å²) in [6.45, 7) is 9.22. The Morgan fingerprint density at radius 3 is 1.88 bits per heavy atom. The molecule has 0 bridgehead atoms. The van der Waals surface area contributed by atoms with Crippen LogP contribution in [0.4, 0.5) is 4.39 Å². The van der Waals surface area contributed by atoms with Crippen molar-refractivity contribution in [3.63, 3.8) is 0 Å². The lowest BCUT2D eigenvalue weighted by Crippen LogP contribution is -2.44. The van der Waals surface area contributed by atoms with Crippen LogP contribution in [0.1, 0.15) is 66.2 Å². The second-order valence-corrected chi connectivity index (χ2v) is 9.00. The molecule has 0 unspecified atom stereocenters. The van der Waals surface area contributed by atoms with Gasteiger partial charge in [0.2, 0.25) is 0 Å². The Labute approximate surface area is 144 Å². The van der Waals surface area contributed by atoms with E-state index in [0.717, 1.165) is 44.1 Å². The zero-order chi connectivity index (χ0) is 17.2. The van der Waals surface area contributed by atoms with Crippen LogP contribution in [0.15, 0.2) is 11.3 Å². The lowest BCUT2D eigenvalue weighted by atomic mass is 9.56. The van der Waals surface area contributed by atoms with Gasteiger partial charge in [-0.25, -0.2) is 4.39 Å². The predicted molar refractivity (Wildman–Crippen MR) is 89.0 cm³/mol. The minimum atomic E-state index is -0.848. The fourth-order valence-electron chi connectivity index (χ4n) is 4.44. The first kappa shape index (κ1) is 17.0. The van der Waals surface area contributed by atoms with Crippen LogP contribution >= 0.6 is 0 Å². The molecule has 2 aliphatic heterocycles. The van der Waals surface area contributed by atoms with Gasteiger partial charge in [0.05, 0.1) is 24.4 Å². The molecule has 0 atom stereocenters. The maximum Gasteiger partial charge on any atom is 0.525 e. The lowest BCUT2D eigenvalue weighted by Gasteiger charge is -2.50. The first-order valence-electron chi connectivity index (χ1n) is 9.17. The molecule has 0 amide bonds. The van der Waals surface area contributed by atoms with Gasteiger partial charge in [-0.1, -0.05) is 0 Å². The Bertz CT molecular complexity index is 529. The predicted octanol–water partition coefficient (Wildman–Crippen LogP) is 3.94. The van der Waals surface area contributed by atoms with Gasteiger partial charge >= 0.3 is 7.12 Å². The highest BCUT2D eigenvalue weighted by Gasteiger charge is 2.56. The van der Waals surface area contributed by atoms with E-state index in [-0.39, 0.29) is 16.9 Å². The van der Waals surface area contributed by atoms with E-state index < -0.39 is 18.3 Å². The molecule has 0 aromatic heterocycles. The highest BCUT2D eigenvalue weighted by atomic mass is 19.1. The molecule has 0 N–H and O–H groups in total. The highest BCUT2D eigenvalue weighted by molar-refractivity contribution is 6.53. The number of rotatable bonds is 1. The van der Waals surface area contributed by atoms with Gasteiger partial charge < -0.3 is 18.8 Å². The van der Waals surface area contributed by atoms with E-state index in [2.05, 4.69) is 0 Å². The molecule has 2 heterocycles.